The molecule has 0 bridgehead atoms. The number of benzene rings is 1. The number of aliphatic hydroxyl groups excluding tert-OH is 1. The number of fused-ring (bicyclic) bond motifs is 1. The average Bonchev–Trinajstić information content (AvgIpc) is 2.57. The highest BCUT2D eigenvalue weighted by Crippen LogP contribution is 2.20. The fraction of sp³-hybridized carbons (Fsp3) is 0.364. The van der Waals surface area contributed by atoms with Gasteiger partial charge in [0.25, 0.3) is 0 Å². The SMILES string of the molecule is CC(N)c1nc2cc(F)ccc2n1CCO. The van der Waals surface area contributed by atoms with Crippen molar-refractivity contribution in [3.05, 3.63) is 29.8 Å². The molecule has 3 N–H and O–H groups in total. The van der Waals surface area contributed by atoms with Gasteiger partial charge in [-0.25, -0.2) is 9.37 Å². The van der Waals surface area contributed by atoms with Crippen LogP contribution in [0.25, 0.3) is 11.0 Å². The first-order chi connectivity index (χ1) is 7.63. The van der Waals surface area contributed by atoms with Crippen LogP contribution in [-0.4, -0.2) is 21.3 Å². The summed E-state index contributed by atoms with van der Waals surface area (Å²) in [6.07, 6.45) is 0. The van der Waals surface area contributed by atoms with Gasteiger partial charge < -0.3 is 15.4 Å². The van der Waals surface area contributed by atoms with E-state index in [4.69, 9.17) is 10.8 Å². The van der Waals surface area contributed by atoms with Crippen LogP contribution in [0.3, 0.4) is 0 Å². The van der Waals surface area contributed by atoms with E-state index in [1.54, 1.807) is 6.07 Å². The first kappa shape index (κ1) is 11.0. The molecule has 0 spiro atoms. The lowest BCUT2D eigenvalue weighted by Crippen LogP contribution is -2.14. The van der Waals surface area contributed by atoms with Gasteiger partial charge in [0.15, 0.2) is 0 Å². The predicted molar refractivity (Wildman–Crippen MR) is 59.4 cm³/mol. The van der Waals surface area contributed by atoms with Crippen LogP contribution in [0.1, 0.15) is 18.8 Å². The molecule has 0 saturated carbocycles. The minimum Gasteiger partial charge on any atom is -0.395 e. The van der Waals surface area contributed by atoms with Gasteiger partial charge in [-0.3, -0.25) is 0 Å². The Balaban J connectivity index is 2.65. The second-order valence-electron chi connectivity index (χ2n) is 3.77. The molecule has 86 valence electrons. The van der Waals surface area contributed by atoms with Crippen molar-refractivity contribution >= 4 is 11.0 Å². The second-order valence-corrected chi connectivity index (χ2v) is 3.77. The molecule has 2 aromatic rings. The van der Waals surface area contributed by atoms with Crippen LogP contribution in [0.15, 0.2) is 18.2 Å². The Bertz CT molecular complexity index is 507. The van der Waals surface area contributed by atoms with Crippen LogP contribution >= 0.6 is 0 Å². The molecule has 0 amide bonds. The first-order valence-electron chi connectivity index (χ1n) is 5.15. The summed E-state index contributed by atoms with van der Waals surface area (Å²) in [5.74, 6) is 0.340. The number of aromatic nitrogens is 2. The zero-order valence-corrected chi connectivity index (χ0v) is 9.02. The lowest BCUT2D eigenvalue weighted by Gasteiger charge is -2.09. The van der Waals surface area contributed by atoms with Crippen molar-refractivity contribution in [1.29, 1.82) is 0 Å². The van der Waals surface area contributed by atoms with Crippen LogP contribution in [0.5, 0.6) is 0 Å². The number of hydrogen-bond acceptors (Lipinski definition) is 3. The number of nitrogens with two attached hydrogens (primary N) is 1. The molecule has 0 saturated heterocycles. The zero-order chi connectivity index (χ0) is 11.7. The maximum absolute atomic E-state index is 13.0. The maximum atomic E-state index is 13.0. The summed E-state index contributed by atoms with van der Waals surface area (Å²) in [6, 6.07) is 4.15. The normalized spacial score (nSPS) is 13.2. The van der Waals surface area contributed by atoms with E-state index in [-0.39, 0.29) is 18.5 Å². The number of halogens is 1. The summed E-state index contributed by atoms with van der Waals surface area (Å²) in [5, 5.41) is 8.99. The number of nitrogens with zero attached hydrogens (tertiary/aromatic N) is 2. The molecule has 5 heteroatoms. The van der Waals surface area contributed by atoms with Crippen molar-refractivity contribution in [2.24, 2.45) is 5.73 Å². The van der Waals surface area contributed by atoms with E-state index in [2.05, 4.69) is 4.98 Å². The first-order valence-corrected chi connectivity index (χ1v) is 5.15. The largest absolute Gasteiger partial charge is 0.395 e. The van der Waals surface area contributed by atoms with E-state index in [0.29, 0.717) is 17.9 Å². The number of aliphatic hydroxyl groups is 1. The third-order valence-electron chi connectivity index (χ3n) is 2.47. The van der Waals surface area contributed by atoms with E-state index in [0.717, 1.165) is 5.52 Å². The Morgan fingerprint density at radius 3 is 2.94 bits per heavy atom. The molecule has 1 unspecified atom stereocenters. The highest BCUT2D eigenvalue weighted by Gasteiger charge is 2.13. The molecule has 0 aliphatic rings. The Hall–Kier alpha value is -1.46. The van der Waals surface area contributed by atoms with Gasteiger partial charge >= 0.3 is 0 Å². The van der Waals surface area contributed by atoms with Crippen LogP contribution < -0.4 is 5.73 Å². The van der Waals surface area contributed by atoms with E-state index >= 15 is 0 Å². The van der Waals surface area contributed by atoms with Crippen molar-refractivity contribution < 1.29 is 9.50 Å². The summed E-state index contributed by atoms with van der Waals surface area (Å²) < 4.78 is 14.9. The molecule has 0 aliphatic carbocycles. The summed E-state index contributed by atoms with van der Waals surface area (Å²) in [7, 11) is 0. The van der Waals surface area contributed by atoms with Gasteiger partial charge in [-0.15, -0.1) is 0 Å². The van der Waals surface area contributed by atoms with E-state index in [9.17, 15) is 4.39 Å². The van der Waals surface area contributed by atoms with E-state index in [1.807, 2.05) is 11.5 Å². The average molecular weight is 223 g/mol. The molecule has 0 radical (unpaired) electrons. The molecular formula is C11H14FN3O. The van der Waals surface area contributed by atoms with Crippen molar-refractivity contribution in [3.8, 4) is 0 Å². The highest BCUT2D eigenvalue weighted by molar-refractivity contribution is 5.76. The Morgan fingerprint density at radius 2 is 2.31 bits per heavy atom. The van der Waals surface area contributed by atoms with Crippen molar-refractivity contribution in [2.45, 2.75) is 19.5 Å². The molecule has 0 aliphatic heterocycles. The highest BCUT2D eigenvalue weighted by atomic mass is 19.1. The van der Waals surface area contributed by atoms with Crippen LogP contribution in [-0.2, 0) is 6.54 Å². The number of rotatable bonds is 3. The topological polar surface area (TPSA) is 64.1 Å². The fourth-order valence-electron chi connectivity index (χ4n) is 1.80. The van der Waals surface area contributed by atoms with E-state index < -0.39 is 0 Å². The number of hydrogen-bond donors (Lipinski definition) is 2. The Morgan fingerprint density at radius 1 is 1.56 bits per heavy atom. The van der Waals surface area contributed by atoms with Crippen LogP contribution in [0.2, 0.25) is 0 Å². The molecule has 1 aromatic carbocycles. The van der Waals surface area contributed by atoms with Gasteiger partial charge in [0.2, 0.25) is 0 Å². The lowest BCUT2D eigenvalue weighted by atomic mass is 10.3. The lowest BCUT2D eigenvalue weighted by molar-refractivity contribution is 0.275. The monoisotopic (exact) mass is 223 g/mol. The Kier molecular flexibility index (Phi) is 2.89. The maximum Gasteiger partial charge on any atom is 0.126 e. The molecule has 2 rings (SSSR count). The number of imidazole rings is 1. The summed E-state index contributed by atoms with van der Waals surface area (Å²) >= 11 is 0. The second kappa shape index (κ2) is 4.19. The quantitative estimate of drug-likeness (QED) is 0.821. The molecule has 1 heterocycles. The van der Waals surface area contributed by atoms with Gasteiger partial charge in [0.1, 0.15) is 11.6 Å². The minimum atomic E-state index is -0.322. The smallest absolute Gasteiger partial charge is 0.126 e. The van der Waals surface area contributed by atoms with Gasteiger partial charge in [-0.1, -0.05) is 0 Å². The van der Waals surface area contributed by atoms with Crippen molar-refractivity contribution in [2.75, 3.05) is 6.61 Å². The predicted octanol–water partition coefficient (Wildman–Crippen LogP) is 1.19. The van der Waals surface area contributed by atoms with Gasteiger partial charge in [0.05, 0.1) is 23.7 Å². The molecular weight excluding hydrogens is 209 g/mol. The third-order valence-corrected chi connectivity index (χ3v) is 2.47. The zero-order valence-electron chi connectivity index (χ0n) is 9.02. The van der Waals surface area contributed by atoms with Crippen LogP contribution in [0.4, 0.5) is 4.39 Å². The Labute approximate surface area is 92.5 Å². The van der Waals surface area contributed by atoms with Crippen molar-refractivity contribution in [1.82, 2.24) is 9.55 Å². The van der Waals surface area contributed by atoms with E-state index in [1.165, 1.54) is 12.1 Å². The van der Waals surface area contributed by atoms with Gasteiger partial charge in [0, 0.05) is 12.6 Å². The van der Waals surface area contributed by atoms with Crippen molar-refractivity contribution in [3.63, 3.8) is 0 Å². The molecule has 1 aromatic heterocycles. The van der Waals surface area contributed by atoms with Gasteiger partial charge in [-0.05, 0) is 19.1 Å². The molecule has 1 atom stereocenters. The third kappa shape index (κ3) is 1.79. The van der Waals surface area contributed by atoms with Crippen LogP contribution in [0, 0.1) is 5.82 Å². The molecule has 16 heavy (non-hydrogen) atoms. The standard InChI is InChI=1S/C11H14FN3O/c1-7(13)11-14-9-6-8(12)2-3-10(9)15(11)4-5-16/h2-3,6-7,16H,4-5,13H2,1H3. The van der Waals surface area contributed by atoms with Gasteiger partial charge in [-0.2, -0.15) is 0 Å². The summed E-state index contributed by atoms with van der Waals surface area (Å²) in [6.45, 7) is 2.23. The summed E-state index contributed by atoms with van der Waals surface area (Å²) in [4.78, 5) is 4.28. The fourth-order valence-corrected chi connectivity index (χ4v) is 1.80. The molecule has 4 nitrogen and oxygen atoms in total. The molecule has 0 fully saturated rings. The summed E-state index contributed by atoms with van der Waals surface area (Å²) in [5.41, 5.74) is 7.15. The minimum absolute atomic E-state index is 0.00254.